The number of rotatable bonds is 3. The molecule has 0 bridgehead atoms. The van der Waals surface area contributed by atoms with Crippen LogP contribution in [0.5, 0.6) is 0 Å². The van der Waals surface area contributed by atoms with Gasteiger partial charge in [-0.05, 0) is 48.0 Å². The molecule has 0 atom stereocenters. The van der Waals surface area contributed by atoms with E-state index in [9.17, 15) is 12.8 Å². The monoisotopic (exact) mass is 394 g/mol. The number of nitrogens with zero attached hydrogens (tertiary/aromatic N) is 2. The summed E-state index contributed by atoms with van der Waals surface area (Å²) in [7, 11) is -3.89. The molecular formula is C20H11FN2O2S2. The highest BCUT2D eigenvalue weighted by molar-refractivity contribution is 7.93. The van der Waals surface area contributed by atoms with E-state index in [1.807, 2.05) is 6.07 Å². The Balaban J connectivity index is 2.03. The second-order valence-electron chi connectivity index (χ2n) is 5.77. The normalized spacial score (nSPS) is 11.4. The van der Waals surface area contributed by atoms with Crippen LogP contribution in [0.3, 0.4) is 0 Å². The molecular weight excluding hydrogens is 383 g/mol. The molecule has 0 spiro atoms. The number of sulfone groups is 1. The maximum absolute atomic E-state index is 13.4. The third-order valence-electron chi connectivity index (χ3n) is 4.08. The van der Waals surface area contributed by atoms with Gasteiger partial charge in [0.2, 0.25) is 9.84 Å². The molecule has 27 heavy (non-hydrogen) atoms. The van der Waals surface area contributed by atoms with Crippen molar-refractivity contribution in [3.63, 3.8) is 0 Å². The molecule has 0 aliphatic rings. The SMILES string of the molecule is N#Cc1cccc(S(=O)(=O)c2sc3ncccc3c2-c2ccc(F)cc2)c1. The molecule has 0 saturated heterocycles. The lowest BCUT2D eigenvalue weighted by Gasteiger charge is -2.07. The lowest BCUT2D eigenvalue weighted by Crippen LogP contribution is -2.01. The standard InChI is InChI=1S/C20H11FN2O2S2/c21-15-8-6-14(7-9-15)18-17-5-2-10-23-19(17)26-20(18)27(24,25)16-4-1-3-13(11-16)12-22/h1-11H. The van der Waals surface area contributed by atoms with E-state index in [4.69, 9.17) is 5.26 Å². The van der Waals surface area contributed by atoms with Crippen LogP contribution in [0.1, 0.15) is 5.56 Å². The zero-order valence-corrected chi connectivity index (χ0v) is 15.4. The van der Waals surface area contributed by atoms with Crippen LogP contribution in [-0.2, 0) is 9.84 Å². The van der Waals surface area contributed by atoms with Gasteiger partial charge in [0.25, 0.3) is 0 Å². The predicted octanol–water partition coefficient (Wildman–Crippen LogP) is 4.81. The summed E-state index contributed by atoms with van der Waals surface area (Å²) in [5.74, 6) is -0.400. The molecule has 0 aliphatic carbocycles. The van der Waals surface area contributed by atoms with Crippen molar-refractivity contribution < 1.29 is 12.8 Å². The van der Waals surface area contributed by atoms with E-state index in [0.29, 0.717) is 21.3 Å². The van der Waals surface area contributed by atoms with E-state index in [1.165, 1.54) is 30.3 Å². The Kier molecular flexibility index (Phi) is 4.22. The maximum atomic E-state index is 13.4. The summed E-state index contributed by atoms with van der Waals surface area (Å²) in [6, 6.07) is 17.1. The van der Waals surface area contributed by atoms with Crippen LogP contribution in [0.4, 0.5) is 4.39 Å². The highest BCUT2D eigenvalue weighted by Crippen LogP contribution is 2.42. The fraction of sp³-hybridized carbons (Fsp3) is 0. The Morgan fingerprint density at radius 1 is 1.04 bits per heavy atom. The van der Waals surface area contributed by atoms with Crippen LogP contribution >= 0.6 is 11.3 Å². The number of aromatic nitrogens is 1. The van der Waals surface area contributed by atoms with Crippen molar-refractivity contribution in [2.24, 2.45) is 0 Å². The van der Waals surface area contributed by atoms with Gasteiger partial charge in [-0.3, -0.25) is 0 Å². The molecule has 0 radical (unpaired) electrons. The summed E-state index contributed by atoms with van der Waals surface area (Å²) >= 11 is 1.06. The van der Waals surface area contributed by atoms with Gasteiger partial charge in [0, 0.05) is 17.1 Å². The van der Waals surface area contributed by atoms with Crippen LogP contribution in [0.15, 0.2) is 76.0 Å². The Morgan fingerprint density at radius 3 is 2.56 bits per heavy atom. The first-order chi connectivity index (χ1) is 13.0. The average Bonchev–Trinajstić information content (AvgIpc) is 3.09. The van der Waals surface area contributed by atoms with Gasteiger partial charge >= 0.3 is 0 Å². The smallest absolute Gasteiger partial charge is 0.216 e. The summed E-state index contributed by atoms with van der Waals surface area (Å²) < 4.78 is 40.2. The van der Waals surface area contributed by atoms with Crippen molar-refractivity contribution in [2.45, 2.75) is 9.10 Å². The molecule has 0 amide bonds. The largest absolute Gasteiger partial charge is 0.245 e. The minimum atomic E-state index is -3.89. The Morgan fingerprint density at radius 2 is 1.81 bits per heavy atom. The van der Waals surface area contributed by atoms with Crippen LogP contribution in [-0.4, -0.2) is 13.4 Å². The molecule has 0 saturated carbocycles. The van der Waals surface area contributed by atoms with Gasteiger partial charge in [-0.15, -0.1) is 11.3 Å². The van der Waals surface area contributed by atoms with Gasteiger partial charge < -0.3 is 0 Å². The van der Waals surface area contributed by atoms with E-state index >= 15 is 0 Å². The van der Waals surface area contributed by atoms with Crippen molar-refractivity contribution in [3.05, 3.63) is 78.2 Å². The number of hydrogen-bond donors (Lipinski definition) is 0. The summed E-state index contributed by atoms with van der Waals surface area (Å²) in [5, 5.41) is 9.77. The maximum Gasteiger partial charge on any atom is 0.216 e. The summed E-state index contributed by atoms with van der Waals surface area (Å²) in [4.78, 5) is 4.89. The van der Waals surface area contributed by atoms with Crippen LogP contribution in [0, 0.1) is 17.1 Å². The molecule has 0 aliphatic heterocycles. The molecule has 4 aromatic rings. The topological polar surface area (TPSA) is 70.8 Å². The first kappa shape index (κ1) is 17.3. The quantitative estimate of drug-likeness (QED) is 0.500. The summed E-state index contributed by atoms with van der Waals surface area (Å²) in [6.45, 7) is 0. The minimum Gasteiger partial charge on any atom is -0.245 e. The van der Waals surface area contributed by atoms with E-state index in [2.05, 4.69) is 4.98 Å². The minimum absolute atomic E-state index is 0.0384. The lowest BCUT2D eigenvalue weighted by atomic mass is 10.1. The number of pyridine rings is 1. The molecule has 0 unspecified atom stereocenters. The first-order valence-electron chi connectivity index (χ1n) is 7.89. The number of halogens is 1. The van der Waals surface area contributed by atoms with Crippen LogP contribution < -0.4 is 0 Å². The molecule has 2 aromatic heterocycles. The first-order valence-corrected chi connectivity index (χ1v) is 10.2. The molecule has 0 N–H and O–H groups in total. The third kappa shape index (κ3) is 2.99. The van der Waals surface area contributed by atoms with Crippen molar-refractivity contribution >= 4 is 31.4 Å². The van der Waals surface area contributed by atoms with Crippen molar-refractivity contribution in [1.82, 2.24) is 4.98 Å². The van der Waals surface area contributed by atoms with Gasteiger partial charge in [0.15, 0.2) is 0 Å². The number of hydrogen-bond acceptors (Lipinski definition) is 5. The van der Waals surface area contributed by atoms with Gasteiger partial charge in [-0.2, -0.15) is 5.26 Å². The van der Waals surface area contributed by atoms with Gasteiger partial charge in [0.05, 0.1) is 16.5 Å². The molecule has 7 heteroatoms. The van der Waals surface area contributed by atoms with Gasteiger partial charge in [-0.1, -0.05) is 18.2 Å². The van der Waals surface area contributed by atoms with Crippen LogP contribution in [0.25, 0.3) is 21.3 Å². The van der Waals surface area contributed by atoms with Crippen molar-refractivity contribution in [1.29, 1.82) is 5.26 Å². The van der Waals surface area contributed by atoms with Crippen LogP contribution in [0.2, 0.25) is 0 Å². The zero-order valence-electron chi connectivity index (χ0n) is 13.8. The summed E-state index contributed by atoms with van der Waals surface area (Å²) in [6.07, 6.45) is 1.60. The summed E-state index contributed by atoms with van der Waals surface area (Å²) in [5.41, 5.74) is 1.34. The second-order valence-corrected chi connectivity index (χ2v) is 8.91. The fourth-order valence-electron chi connectivity index (χ4n) is 2.83. The molecule has 4 rings (SSSR count). The number of thiophene rings is 1. The fourth-order valence-corrected chi connectivity index (χ4v) is 5.94. The predicted molar refractivity (Wildman–Crippen MR) is 102 cm³/mol. The van der Waals surface area contributed by atoms with Crippen molar-refractivity contribution in [2.75, 3.05) is 0 Å². The number of nitriles is 1. The number of benzene rings is 2. The third-order valence-corrected chi connectivity index (χ3v) is 7.47. The zero-order chi connectivity index (χ0) is 19.0. The van der Waals surface area contributed by atoms with E-state index < -0.39 is 15.7 Å². The Labute approximate surface area is 159 Å². The Hall–Kier alpha value is -3.08. The highest BCUT2D eigenvalue weighted by atomic mass is 32.2. The second kappa shape index (κ2) is 6.58. The highest BCUT2D eigenvalue weighted by Gasteiger charge is 2.27. The molecule has 4 nitrogen and oxygen atoms in total. The van der Waals surface area contributed by atoms with E-state index in [-0.39, 0.29) is 14.7 Å². The molecule has 2 heterocycles. The van der Waals surface area contributed by atoms with Crippen molar-refractivity contribution in [3.8, 4) is 17.2 Å². The lowest BCUT2D eigenvalue weighted by molar-refractivity contribution is 0.598. The molecule has 132 valence electrons. The van der Waals surface area contributed by atoms with Gasteiger partial charge in [0.1, 0.15) is 14.9 Å². The van der Waals surface area contributed by atoms with E-state index in [1.54, 1.807) is 36.5 Å². The Bertz CT molecular complexity index is 1300. The van der Waals surface area contributed by atoms with Gasteiger partial charge in [-0.25, -0.2) is 17.8 Å². The average molecular weight is 394 g/mol. The van der Waals surface area contributed by atoms with E-state index in [0.717, 1.165) is 11.3 Å². The molecule has 0 fully saturated rings. The molecule has 2 aromatic carbocycles. The number of fused-ring (bicyclic) bond motifs is 1.